The third-order valence-corrected chi connectivity index (χ3v) is 0. The molecule has 13 heteroatoms. The molecule has 0 atom stereocenters. The zero-order valence-electron chi connectivity index (χ0n) is 6.24. The van der Waals surface area contributed by atoms with Gasteiger partial charge in [-0.1, -0.05) is 0 Å². The second kappa shape index (κ2) is 127. The van der Waals surface area contributed by atoms with Crippen molar-refractivity contribution in [2.24, 2.45) is 0 Å². The van der Waals surface area contributed by atoms with E-state index < -0.39 is 6.16 Å². The average Bonchev–Trinajstić information content (AvgIpc) is 0.811. The van der Waals surface area contributed by atoms with E-state index in [2.05, 4.69) is 0 Å². The standard InChI is InChI=1S/CH2O3.4H2O.3O.3Zr/c2-1(3)4;;;;;;;;;;/h(H2,2,3,4);4*1H2;;;;;;/q;;;;;3*-2;3*+4/p-6. The minimum atomic E-state index is -2.33. The molecule has 0 saturated carbocycles. The second-order valence-corrected chi connectivity index (χ2v) is 0.250. The first-order valence-corrected chi connectivity index (χ1v) is 0.612. The summed E-state index contributed by atoms with van der Waals surface area (Å²) in [6, 6.07) is 0. The van der Waals surface area contributed by atoms with Crippen LogP contribution < -0.4 is 10.2 Å². The Balaban J connectivity index is -0.000000001000. The third-order valence-electron chi connectivity index (χ3n) is 0. The molecule has 0 aromatic carbocycles. The van der Waals surface area contributed by atoms with Gasteiger partial charge in [-0.15, -0.1) is 0 Å². The van der Waals surface area contributed by atoms with Gasteiger partial charge in [0.05, 0.1) is 0 Å². The van der Waals surface area contributed by atoms with Crippen molar-refractivity contribution < 1.29 is 132 Å². The molecular formula is CH4O10Zr3. The van der Waals surface area contributed by atoms with Crippen LogP contribution in [0.3, 0.4) is 0 Å². The van der Waals surface area contributed by atoms with E-state index in [9.17, 15) is 0 Å². The Labute approximate surface area is 137 Å². The van der Waals surface area contributed by atoms with Crippen LogP contribution >= 0.6 is 0 Å². The fourth-order valence-electron chi connectivity index (χ4n) is 0. The molecule has 0 aromatic heterocycles. The van der Waals surface area contributed by atoms with Gasteiger partial charge in [-0.2, -0.15) is 0 Å². The van der Waals surface area contributed by atoms with Crippen molar-refractivity contribution in [1.82, 2.24) is 0 Å². The summed E-state index contributed by atoms with van der Waals surface area (Å²) in [5, 5.41) is 16.7. The van der Waals surface area contributed by atoms with Gasteiger partial charge in [0.2, 0.25) is 0 Å². The molecule has 0 amide bonds. The van der Waals surface area contributed by atoms with Gasteiger partial charge >= 0.3 is 78.6 Å². The summed E-state index contributed by atoms with van der Waals surface area (Å²) in [4.78, 5) is 8.33. The molecule has 4 N–H and O–H groups in total. The van der Waals surface area contributed by atoms with Gasteiger partial charge in [-0.3, -0.25) is 0 Å². The Bertz CT molecular complexity index is 38.3. The molecule has 0 bridgehead atoms. The second-order valence-electron chi connectivity index (χ2n) is 0.250. The summed E-state index contributed by atoms with van der Waals surface area (Å²) in [6.07, 6.45) is -2.33. The number of carboxylic acid groups (broad SMARTS) is 2. The predicted molar refractivity (Wildman–Crippen MR) is 15.2 cm³/mol. The van der Waals surface area contributed by atoms with Gasteiger partial charge in [0.1, 0.15) is 0 Å². The predicted octanol–water partition coefficient (Wildman–Crippen LogP) is -3.52. The first-order valence-electron chi connectivity index (χ1n) is 0.612. The average molecular weight is 450 g/mol. The Morgan fingerprint density at radius 2 is 0.643 bits per heavy atom. The van der Waals surface area contributed by atoms with Gasteiger partial charge in [-0.25, -0.2) is 0 Å². The molecule has 0 heterocycles. The van der Waals surface area contributed by atoms with E-state index in [0.717, 1.165) is 0 Å². The first kappa shape index (κ1) is 156. The van der Waals surface area contributed by atoms with E-state index in [1.54, 1.807) is 0 Å². The van der Waals surface area contributed by atoms with Crippen LogP contribution in [0.2, 0.25) is 0 Å². The zero-order chi connectivity index (χ0) is 3.58. The first-order chi connectivity index (χ1) is 1.73. The topological polar surface area (TPSA) is 269 Å². The van der Waals surface area contributed by atoms with Gasteiger partial charge in [0, 0.05) is 0 Å². The van der Waals surface area contributed by atoms with Crippen molar-refractivity contribution in [1.29, 1.82) is 0 Å². The van der Waals surface area contributed by atoms with Crippen LogP contribution in [0.4, 0.5) is 4.79 Å². The molecule has 0 aliphatic carbocycles. The summed E-state index contributed by atoms with van der Waals surface area (Å²) < 4.78 is 0. The molecule has 14 heavy (non-hydrogen) atoms. The van der Waals surface area contributed by atoms with Crippen LogP contribution in [-0.2, 0) is 95.0 Å². The smallest absolute Gasteiger partial charge is 2.00 e. The molecule has 0 aromatic rings. The summed E-state index contributed by atoms with van der Waals surface area (Å²) in [5.74, 6) is 0. The van der Waals surface area contributed by atoms with Crippen LogP contribution in [0.5, 0.6) is 0 Å². The molecule has 0 aliphatic heterocycles. The third kappa shape index (κ3) is 811. The summed E-state index contributed by atoms with van der Waals surface area (Å²) in [5.41, 5.74) is 0. The van der Waals surface area contributed by atoms with Crippen molar-refractivity contribution in [3.8, 4) is 0 Å². The van der Waals surface area contributed by atoms with E-state index in [1.165, 1.54) is 0 Å². The van der Waals surface area contributed by atoms with Gasteiger partial charge < -0.3 is 53.3 Å². The van der Waals surface area contributed by atoms with Crippen LogP contribution in [0, 0.1) is 0 Å². The number of rotatable bonds is 0. The van der Waals surface area contributed by atoms with E-state index in [1.807, 2.05) is 0 Å². The minimum Gasteiger partial charge on any atom is -2.00 e. The molecule has 0 aliphatic rings. The van der Waals surface area contributed by atoms with Crippen molar-refractivity contribution in [3.63, 3.8) is 0 Å². The normalized spacial score (nSPS) is 1.71. The number of hydrogen-bond acceptors (Lipinski definition) is 7. The Hall–Kier alpha value is 1.64. The van der Waals surface area contributed by atoms with Crippen molar-refractivity contribution >= 4 is 6.16 Å². The van der Waals surface area contributed by atoms with Gasteiger partial charge in [0.25, 0.3) is 0 Å². The molecule has 0 radical (unpaired) electrons. The number of carbonyl (C=O) groups is 1. The molecule has 0 unspecified atom stereocenters. The molecule has 80 valence electrons. The van der Waals surface area contributed by atoms with E-state index >= 15 is 0 Å². The fraction of sp³-hybridized carbons (Fsp3) is 0. The van der Waals surface area contributed by atoms with Crippen molar-refractivity contribution in [2.45, 2.75) is 0 Å². The number of carbonyl (C=O) groups excluding carboxylic acids is 1. The Morgan fingerprint density at radius 1 is 0.643 bits per heavy atom. The SMILES string of the molecule is O=C([O-])[O-].[O-2].[O-2].[O-2].[OH-].[OH-].[OH-].[OH-].[Zr+4].[Zr+4].[Zr+4]. The molecular weight excluding hydrogens is 446 g/mol. The zero-order valence-corrected chi connectivity index (χ0v) is 13.6. The van der Waals surface area contributed by atoms with E-state index in [4.69, 9.17) is 15.0 Å². The number of hydrogen-bond donors (Lipinski definition) is 0. The summed E-state index contributed by atoms with van der Waals surface area (Å²) in [7, 11) is 0. The summed E-state index contributed by atoms with van der Waals surface area (Å²) >= 11 is 0. The van der Waals surface area contributed by atoms with Gasteiger partial charge in [-0.05, 0) is 6.16 Å². The maximum atomic E-state index is 8.33. The summed E-state index contributed by atoms with van der Waals surface area (Å²) in [6.45, 7) is 0. The molecule has 0 spiro atoms. The van der Waals surface area contributed by atoms with Crippen molar-refractivity contribution in [2.75, 3.05) is 0 Å². The van der Waals surface area contributed by atoms with E-state index in [0.29, 0.717) is 0 Å². The molecule has 0 saturated heterocycles. The molecule has 0 rings (SSSR count). The van der Waals surface area contributed by atoms with Crippen LogP contribution in [0.1, 0.15) is 0 Å². The fourth-order valence-corrected chi connectivity index (χ4v) is 0. The Kier molecular flexibility index (Phi) is 1410. The van der Waals surface area contributed by atoms with E-state index in [-0.39, 0.29) is 117 Å². The molecule has 10 nitrogen and oxygen atoms in total. The van der Waals surface area contributed by atoms with Gasteiger partial charge in [0.15, 0.2) is 0 Å². The van der Waals surface area contributed by atoms with Crippen LogP contribution in [0.15, 0.2) is 0 Å². The van der Waals surface area contributed by atoms with Crippen LogP contribution in [-0.4, -0.2) is 28.1 Å². The Morgan fingerprint density at radius 3 is 0.643 bits per heavy atom. The molecule has 0 fully saturated rings. The monoisotopic (exact) mass is 446 g/mol. The maximum absolute atomic E-state index is 8.33. The van der Waals surface area contributed by atoms with Crippen molar-refractivity contribution in [3.05, 3.63) is 0 Å². The quantitative estimate of drug-likeness (QED) is 0.359. The minimum absolute atomic E-state index is 0. The maximum Gasteiger partial charge on any atom is 4.00 e. The van der Waals surface area contributed by atoms with Crippen LogP contribution in [0.25, 0.3) is 0 Å². The largest absolute Gasteiger partial charge is 4.00 e.